The number of fused-ring (bicyclic) bond motifs is 2. The average Bonchev–Trinajstić information content (AvgIpc) is 3.38. The molecule has 6 rings (SSSR count). The predicted octanol–water partition coefficient (Wildman–Crippen LogP) is 3.12. The third-order valence-electron chi connectivity index (χ3n) is 7.20. The Morgan fingerprint density at radius 3 is 2.41 bits per heavy atom. The summed E-state index contributed by atoms with van der Waals surface area (Å²) in [7, 11) is 0. The maximum atomic E-state index is 10.9. The lowest BCUT2D eigenvalue weighted by Gasteiger charge is -2.24. The van der Waals surface area contributed by atoms with Crippen molar-refractivity contribution >= 4 is 22.5 Å². The molecule has 2 aliphatic carbocycles. The molecule has 2 aliphatic rings. The fraction of sp³-hybridized carbons (Fsp3) is 0.280. The van der Waals surface area contributed by atoms with E-state index in [1.807, 2.05) is 71.4 Å². The number of hydrogen-bond donors (Lipinski definition) is 4. The van der Waals surface area contributed by atoms with Gasteiger partial charge in [-0.3, -0.25) is 0 Å². The number of aromatic nitrogens is 3. The Morgan fingerprint density at radius 2 is 1.72 bits per heavy atom. The number of nitrogens with one attached hydrogen (secondary N) is 1. The number of para-hydroxylation sites is 1. The van der Waals surface area contributed by atoms with E-state index in [0.717, 1.165) is 22.2 Å². The van der Waals surface area contributed by atoms with Crippen LogP contribution in [0.3, 0.4) is 0 Å². The van der Waals surface area contributed by atoms with Crippen molar-refractivity contribution in [2.75, 3.05) is 11.9 Å². The summed E-state index contributed by atoms with van der Waals surface area (Å²) in [5.74, 6) is 0.674. The minimum atomic E-state index is -0.972. The van der Waals surface area contributed by atoms with Crippen LogP contribution in [0, 0.1) is 11.3 Å². The minimum absolute atomic E-state index is 0.00257. The van der Waals surface area contributed by atoms with Crippen molar-refractivity contribution in [2.24, 2.45) is 11.3 Å². The van der Waals surface area contributed by atoms with Crippen molar-refractivity contribution in [2.45, 2.75) is 24.7 Å². The first-order chi connectivity index (χ1) is 15.6. The Labute approximate surface area is 185 Å². The molecule has 0 amide bonds. The summed E-state index contributed by atoms with van der Waals surface area (Å²) in [6.45, 7) is -0.132. The van der Waals surface area contributed by atoms with Gasteiger partial charge in [-0.1, -0.05) is 48.5 Å². The highest BCUT2D eigenvalue weighted by molar-refractivity contribution is 6.02. The summed E-state index contributed by atoms with van der Waals surface area (Å²) >= 11 is 0. The van der Waals surface area contributed by atoms with E-state index >= 15 is 0 Å². The molecule has 4 aromatic rings. The second-order valence-corrected chi connectivity index (χ2v) is 8.86. The zero-order valence-electron chi connectivity index (χ0n) is 17.3. The highest BCUT2D eigenvalue weighted by atomic mass is 16.3. The summed E-state index contributed by atoms with van der Waals surface area (Å²) in [5, 5.41) is 35.7. The Kier molecular flexibility index (Phi) is 4.33. The van der Waals surface area contributed by atoms with E-state index in [9.17, 15) is 15.3 Å². The van der Waals surface area contributed by atoms with Gasteiger partial charge < -0.3 is 25.2 Å². The number of rotatable bonds is 5. The van der Waals surface area contributed by atoms with Crippen LogP contribution < -0.4 is 5.32 Å². The molecule has 0 aliphatic heterocycles. The van der Waals surface area contributed by atoms with Gasteiger partial charge in [-0.25, -0.2) is 9.97 Å². The molecule has 2 fully saturated rings. The molecule has 32 heavy (non-hydrogen) atoms. The summed E-state index contributed by atoms with van der Waals surface area (Å²) in [5.41, 5.74) is 2.94. The lowest BCUT2D eigenvalue weighted by Crippen LogP contribution is -2.35. The third-order valence-corrected chi connectivity index (χ3v) is 7.20. The van der Waals surface area contributed by atoms with E-state index in [0.29, 0.717) is 17.9 Å². The van der Waals surface area contributed by atoms with Gasteiger partial charge in [0.2, 0.25) is 0 Å². The second-order valence-electron chi connectivity index (χ2n) is 8.86. The van der Waals surface area contributed by atoms with Crippen LogP contribution >= 0.6 is 0 Å². The van der Waals surface area contributed by atoms with Gasteiger partial charge in [-0.15, -0.1) is 0 Å². The van der Waals surface area contributed by atoms with Crippen LogP contribution in [0.25, 0.3) is 22.2 Å². The summed E-state index contributed by atoms with van der Waals surface area (Å²) in [6.07, 6.45) is 2.28. The second kappa shape index (κ2) is 7.13. The Balaban J connectivity index is 1.55. The molecule has 0 spiro atoms. The van der Waals surface area contributed by atoms with Crippen molar-refractivity contribution in [3.63, 3.8) is 0 Å². The van der Waals surface area contributed by atoms with Crippen LogP contribution in [0.2, 0.25) is 0 Å². The van der Waals surface area contributed by atoms with Crippen LogP contribution in [0.15, 0.2) is 73.2 Å². The van der Waals surface area contributed by atoms with E-state index in [2.05, 4.69) is 15.3 Å². The van der Waals surface area contributed by atoms with Gasteiger partial charge in [0.25, 0.3) is 0 Å². The molecule has 1 unspecified atom stereocenters. The number of anilines is 2. The molecule has 5 atom stereocenters. The average molecular weight is 428 g/mol. The summed E-state index contributed by atoms with van der Waals surface area (Å²) in [4.78, 5) is 9.13. The Hall–Kier alpha value is -3.26. The molecule has 2 aromatic carbocycles. The van der Waals surface area contributed by atoms with Crippen molar-refractivity contribution in [1.82, 2.24) is 14.5 Å². The molecule has 0 bridgehead atoms. The van der Waals surface area contributed by atoms with Crippen LogP contribution in [0.5, 0.6) is 0 Å². The number of aliphatic hydroxyl groups is 3. The SMILES string of the molecule is OC[C@@]12C[C@@H]1[C@@H](n1cc(-c3ccccc3)c3c(Nc4ccccc4)ncnc31)C(O)[C@H]2O. The molecule has 2 heterocycles. The molecule has 0 radical (unpaired) electrons. The highest BCUT2D eigenvalue weighted by Crippen LogP contribution is 2.67. The third kappa shape index (κ3) is 2.72. The predicted molar refractivity (Wildman–Crippen MR) is 121 cm³/mol. The molecular weight excluding hydrogens is 404 g/mol. The van der Waals surface area contributed by atoms with Gasteiger partial charge in [-0.05, 0) is 30.0 Å². The Bertz CT molecular complexity index is 1280. The zero-order valence-corrected chi connectivity index (χ0v) is 17.3. The summed E-state index contributed by atoms with van der Waals surface area (Å²) in [6, 6.07) is 19.5. The number of nitrogens with zero attached hydrogens (tertiary/aromatic N) is 3. The monoisotopic (exact) mass is 428 g/mol. The molecular formula is C25H24N4O3. The molecule has 162 valence electrons. The van der Waals surface area contributed by atoms with Gasteiger partial charge in [-0.2, -0.15) is 0 Å². The van der Waals surface area contributed by atoms with E-state index in [1.54, 1.807) is 0 Å². The normalized spacial score (nSPS) is 28.6. The van der Waals surface area contributed by atoms with E-state index in [4.69, 9.17) is 0 Å². The standard InChI is InChI=1S/C25H24N4O3/c30-13-25-11-18(25)20(21(31)22(25)32)29-12-17(15-7-3-1-4-8-15)19-23(26-14-27-24(19)29)28-16-9-5-2-6-10-16/h1-10,12,14,18,20-22,30-32H,11,13H2,(H,26,27,28)/t18-,20-,21?,22-,25+/m1/s1. The fourth-order valence-corrected chi connectivity index (χ4v) is 5.45. The zero-order chi connectivity index (χ0) is 21.9. The molecule has 2 saturated carbocycles. The molecule has 0 saturated heterocycles. The van der Waals surface area contributed by atoms with Gasteiger partial charge >= 0.3 is 0 Å². The molecule has 7 nitrogen and oxygen atoms in total. The lowest BCUT2D eigenvalue weighted by molar-refractivity contribution is -0.0300. The number of benzene rings is 2. The van der Waals surface area contributed by atoms with Crippen LogP contribution in [-0.4, -0.2) is 48.7 Å². The van der Waals surface area contributed by atoms with Crippen molar-refractivity contribution in [3.05, 3.63) is 73.2 Å². The largest absolute Gasteiger partial charge is 0.396 e. The van der Waals surface area contributed by atoms with E-state index in [1.165, 1.54) is 6.33 Å². The maximum Gasteiger partial charge on any atom is 0.146 e. The smallest absolute Gasteiger partial charge is 0.146 e. The van der Waals surface area contributed by atoms with E-state index in [-0.39, 0.29) is 18.6 Å². The van der Waals surface area contributed by atoms with Crippen LogP contribution in [0.4, 0.5) is 11.5 Å². The quantitative estimate of drug-likeness (QED) is 0.390. The summed E-state index contributed by atoms with van der Waals surface area (Å²) < 4.78 is 1.97. The van der Waals surface area contributed by atoms with Crippen LogP contribution in [-0.2, 0) is 0 Å². The van der Waals surface area contributed by atoms with Crippen LogP contribution in [0.1, 0.15) is 12.5 Å². The van der Waals surface area contributed by atoms with Crippen molar-refractivity contribution < 1.29 is 15.3 Å². The molecule has 4 N–H and O–H groups in total. The topological polar surface area (TPSA) is 103 Å². The molecule has 7 heteroatoms. The first-order valence-electron chi connectivity index (χ1n) is 10.8. The minimum Gasteiger partial charge on any atom is -0.396 e. The first kappa shape index (κ1) is 19.4. The van der Waals surface area contributed by atoms with Crippen molar-refractivity contribution in [1.29, 1.82) is 0 Å². The van der Waals surface area contributed by atoms with Gasteiger partial charge in [0.15, 0.2) is 0 Å². The van der Waals surface area contributed by atoms with Gasteiger partial charge in [0, 0.05) is 22.9 Å². The fourth-order valence-electron chi connectivity index (χ4n) is 5.45. The van der Waals surface area contributed by atoms with Gasteiger partial charge in [0.1, 0.15) is 23.9 Å². The first-order valence-corrected chi connectivity index (χ1v) is 10.8. The molecule has 2 aromatic heterocycles. The lowest BCUT2D eigenvalue weighted by atomic mass is 10.0. The highest BCUT2D eigenvalue weighted by Gasteiger charge is 2.71. The maximum absolute atomic E-state index is 10.9. The van der Waals surface area contributed by atoms with Crippen molar-refractivity contribution in [3.8, 4) is 11.1 Å². The number of aliphatic hydroxyl groups excluding tert-OH is 3. The number of hydrogen-bond acceptors (Lipinski definition) is 6. The van der Waals surface area contributed by atoms with Gasteiger partial charge in [0.05, 0.1) is 24.1 Å². The van der Waals surface area contributed by atoms with E-state index < -0.39 is 17.6 Å². The Morgan fingerprint density at radius 1 is 1.00 bits per heavy atom.